The second-order valence-corrected chi connectivity index (χ2v) is 6.45. The molecule has 9 heteroatoms. The van der Waals surface area contributed by atoms with Gasteiger partial charge in [0.25, 0.3) is 5.91 Å². The van der Waals surface area contributed by atoms with Crippen LogP contribution in [-0.4, -0.2) is 37.6 Å². The molecule has 0 aliphatic carbocycles. The third kappa shape index (κ3) is 2.67. The summed E-state index contributed by atoms with van der Waals surface area (Å²) in [6.07, 6.45) is 1.60. The van der Waals surface area contributed by atoms with Crippen molar-refractivity contribution in [3.05, 3.63) is 70.5 Å². The molecule has 0 spiro atoms. The summed E-state index contributed by atoms with van der Waals surface area (Å²) in [7, 11) is 0. The quantitative estimate of drug-likeness (QED) is 0.698. The van der Waals surface area contributed by atoms with Gasteiger partial charge in [-0.2, -0.15) is 0 Å². The number of benzene rings is 1. The van der Waals surface area contributed by atoms with Gasteiger partial charge in [-0.15, -0.1) is 5.10 Å². The highest BCUT2D eigenvalue weighted by molar-refractivity contribution is 6.07. The Kier molecular flexibility index (Phi) is 3.79. The molecule has 1 saturated heterocycles. The molecule has 0 bridgehead atoms. The number of rotatable bonds is 4. The van der Waals surface area contributed by atoms with E-state index < -0.39 is 23.3 Å². The van der Waals surface area contributed by atoms with Crippen molar-refractivity contribution in [1.82, 2.24) is 24.4 Å². The third-order valence-corrected chi connectivity index (χ3v) is 4.72. The molecule has 3 amide bonds. The predicted molar refractivity (Wildman–Crippen MR) is 93.4 cm³/mol. The van der Waals surface area contributed by atoms with Crippen LogP contribution in [0.1, 0.15) is 12.5 Å². The normalized spacial score (nSPS) is 19.7. The van der Waals surface area contributed by atoms with E-state index in [1.807, 2.05) is 0 Å². The molecule has 8 nitrogen and oxygen atoms in total. The van der Waals surface area contributed by atoms with Crippen molar-refractivity contribution in [2.75, 3.05) is 6.54 Å². The molecule has 2 aromatic heterocycles. The highest BCUT2D eigenvalue weighted by Crippen LogP contribution is 2.28. The molecule has 3 heterocycles. The molecular formula is C18H16FN5O3. The number of amides is 3. The van der Waals surface area contributed by atoms with Gasteiger partial charge in [0.15, 0.2) is 5.65 Å². The number of fused-ring (bicyclic) bond motifs is 1. The zero-order valence-corrected chi connectivity index (χ0v) is 14.4. The number of nitrogens with zero attached hydrogens (tertiary/aromatic N) is 4. The summed E-state index contributed by atoms with van der Waals surface area (Å²) < 4.78 is 15.8. The van der Waals surface area contributed by atoms with Gasteiger partial charge in [-0.05, 0) is 36.8 Å². The number of carbonyl (C=O) groups is 2. The second-order valence-electron chi connectivity index (χ2n) is 6.45. The van der Waals surface area contributed by atoms with Crippen LogP contribution in [0.3, 0.4) is 0 Å². The van der Waals surface area contributed by atoms with E-state index in [1.54, 1.807) is 31.3 Å². The van der Waals surface area contributed by atoms with Crippen LogP contribution in [0.25, 0.3) is 5.65 Å². The van der Waals surface area contributed by atoms with E-state index in [1.165, 1.54) is 33.3 Å². The first-order valence-electron chi connectivity index (χ1n) is 8.34. The molecule has 138 valence electrons. The summed E-state index contributed by atoms with van der Waals surface area (Å²) in [6.45, 7) is 1.63. The Morgan fingerprint density at radius 2 is 1.81 bits per heavy atom. The van der Waals surface area contributed by atoms with Gasteiger partial charge in [-0.25, -0.2) is 18.7 Å². The molecule has 1 aliphatic rings. The molecule has 1 aliphatic heterocycles. The van der Waals surface area contributed by atoms with Crippen LogP contribution in [0.15, 0.2) is 53.5 Å². The molecule has 0 radical (unpaired) electrons. The Morgan fingerprint density at radius 3 is 2.52 bits per heavy atom. The van der Waals surface area contributed by atoms with Gasteiger partial charge >= 0.3 is 11.7 Å². The fourth-order valence-corrected chi connectivity index (χ4v) is 3.19. The Bertz CT molecular complexity index is 1100. The fourth-order valence-electron chi connectivity index (χ4n) is 3.19. The summed E-state index contributed by atoms with van der Waals surface area (Å²) >= 11 is 0. The van der Waals surface area contributed by atoms with Crippen LogP contribution < -0.4 is 11.0 Å². The second kappa shape index (κ2) is 6.04. The summed E-state index contributed by atoms with van der Waals surface area (Å²) in [5.41, 5.74) is -0.668. The SMILES string of the molecule is CC1(c2ccc(F)cc2)NC(=O)N(CCn2nc3ccccn3c2=O)C1=O. The van der Waals surface area contributed by atoms with Crippen molar-refractivity contribution in [2.24, 2.45) is 0 Å². The summed E-state index contributed by atoms with van der Waals surface area (Å²) in [5, 5.41) is 6.83. The van der Waals surface area contributed by atoms with Gasteiger partial charge in [0, 0.05) is 6.20 Å². The Hall–Kier alpha value is -3.49. The average molecular weight is 369 g/mol. The largest absolute Gasteiger partial charge is 0.350 e. The fraction of sp³-hybridized carbons (Fsp3) is 0.222. The standard InChI is InChI=1S/C18H16FN5O3/c1-18(12-5-7-13(19)8-6-12)15(25)23(16(26)20-18)10-11-24-17(27)22-9-3-2-4-14(22)21-24/h2-9H,10-11H2,1H3,(H,20,26). The maximum Gasteiger partial charge on any atom is 0.350 e. The number of hydrogen-bond acceptors (Lipinski definition) is 4. The van der Waals surface area contributed by atoms with Gasteiger partial charge in [0.2, 0.25) is 0 Å². The minimum Gasteiger partial charge on any atom is -0.319 e. The Balaban J connectivity index is 1.56. The molecule has 1 N–H and O–H groups in total. The molecule has 0 saturated carbocycles. The van der Waals surface area contributed by atoms with Gasteiger partial charge in [-0.1, -0.05) is 18.2 Å². The van der Waals surface area contributed by atoms with Crippen molar-refractivity contribution in [2.45, 2.75) is 19.0 Å². The Labute approximate surface area is 152 Å². The first-order chi connectivity index (χ1) is 12.9. The number of urea groups is 1. The minimum atomic E-state index is -1.28. The topological polar surface area (TPSA) is 88.7 Å². The first kappa shape index (κ1) is 17.0. The molecule has 27 heavy (non-hydrogen) atoms. The van der Waals surface area contributed by atoms with E-state index in [-0.39, 0.29) is 18.8 Å². The number of pyridine rings is 1. The van der Waals surface area contributed by atoms with E-state index in [2.05, 4.69) is 10.4 Å². The van der Waals surface area contributed by atoms with Gasteiger partial charge in [0.05, 0.1) is 13.1 Å². The summed E-state index contributed by atoms with van der Waals surface area (Å²) in [4.78, 5) is 38.5. The van der Waals surface area contributed by atoms with Crippen LogP contribution in [0.4, 0.5) is 9.18 Å². The highest BCUT2D eigenvalue weighted by atomic mass is 19.1. The maximum absolute atomic E-state index is 13.2. The zero-order chi connectivity index (χ0) is 19.2. The lowest BCUT2D eigenvalue weighted by molar-refractivity contribution is -0.131. The molecule has 3 aromatic rings. The van der Waals surface area contributed by atoms with E-state index >= 15 is 0 Å². The number of imide groups is 1. The van der Waals surface area contributed by atoms with E-state index in [0.717, 1.165) is 4.90 Å². The lowest BCUT2D eigenvalue weighted by atomic mass is 9.92. The molecule has 4 rings (SSSR count). The van der Waals surface area contributed by atoms with Crippen molar-refractivity contribution in [1.29, 1.82) is 0 Å². The molecule has 1 unspecified atom stereocenters. The average Bonchev–Trinajstić information content (AvgIpc) is 3.09. The van der Waals surface area contributed by atoms with Crippen LogP contribution in [0, 0.1) is 5.82 Å². The summed E-state index contributed by atoms with van der Waals surface area (Å²) in [6, 6.07) is 10.00. The third-order valence-electron chi connectivity index (χ3n) is 4.72. The number of nitrogens with one attached hydrogen (secondary N) is 1. The maximum atomic E-state index is 13.2. The van der Waals surface area contributed by atoms with Crippen LogP contribution in [0.5, 0.6) is 0 Å². The predicted octanol–water partition coefficient (Wildman–Crippen LogP) is 1.10. The first-order valence-corrected chi connectivity index (χ1v) is 8.34. The van der Waals surface area contributed by atoms with E-state index in [0.29, 0.717) is 11.2 Å². The monoisotopic (exact) mass is 369 g/mol. The van der Waals surface area contributed by atoms with E-state index in [4.69, 9.17) is 0 Å². The van der Waals surface area contributed by atoms with Crippen molar-refractivity contribution in [3.8, 4) is 0 Å². The van der Waals surface area contributed by atoms with E-state index in [9.17, 15) is 18.8 Å². The molecule has 1 fully saturated rings. The molecule has 1 atom stereocenters. The van der Waals surface area contributed by atoms with Gasteiger partial charge in [-0.3, -0.25) is 14.1 Å². The Morgan fingerprint density at radius 1 is 1.07 bits per heavy atom. The number of carbonyl (C=O) groups excluding carboxylic acids is 2. The van der Waals surface area contributed by atoms with Crippen LogP contribution >= 0.6 is 0 Å². The smallest absolute Gasteiger partial charge is 0.319 e. The summed E-state index contributed by atoms with van der Waals surface area (Å²) in [5.74, 6) is -0.891. The lowest BCUT2D eigenvalue weighted by Gasteiger charge is -2.22. The number of halogens is 1. The number of hydrogen-bond donors (Lipinski definition) is 1. The van der Waals surface area contributed by atoms with Crippen molar-refractivity contribution in [3.63, 3.8) is 0 Å². The van der Waals surface area contributed by atoms with Crippen LogP contribution in [0.2, 0.25) is 0 Å². The number of aromatic nitrogens is 3. The lowest BCUT2D eigenvalue weighted by Crippen LogP contribution is -2.41. The van der Waals surface area contributed by atoms with Crippen molar-refractivity contribution < 1.29 is 14.0 Å². The van der Waals surface area contributed by atoms with Crippen LogP contribution in [-0.2, 0) is 16.9 Å². The van der Waals surface area contributed by atoms with Gasteiger partial charge in [0.1, 0.15) is 11.4 Å². The molecular weight excluding hydrogens is 353 g/mol. The zero-order valence-electron chi connectivity index (χ0n) is 14.4. The highest BCUT2D eigenvalue weighted by Gasteiger charge is 2.48. The van der Waals surface area contributed by atoms with Gasteiger partial charge < -0.3 is 5.32 Å². The molecule has 1 aromatic carbocycles. The van der Waals surface area contributed by atoms with Crippen molar-refractivity contribution >= 4 is 17.6 Å². The minimum absolute atomic E-state index is 0.00869.